The van der Waals surface area contributed by atoms with Gasteiger partial charge in [-0.05, 0) is 12.6 Å². The van der Waals surface area contributed by atoms with Crippen molar-refractivity contribution in [3.63, 3.8) is 0 Å². The number of benzene rings is 1. The van der Waals surface area contributed by atoms with Crippen LogP contribution in [-0.2, 0) is 10.3 Å². The second kappa shape index (κ2) is 4.28. The molecule has 1 N–H and O–H groups in total. The maximum absolute atomic E-state index is 11.7. The SMILES string of the molecule is CCN1CCC2(CC1)OC(=O)Nc1ccccc12. The molecule has 0 aliphatic carbocycles. The normalized spacial score (nSPS) is 22.2. The van der Waals surface area contributed by atoms with Gasteiger partial charge in [0.25, 0.3) is 0 Å². The van der Waals surface area contributed by atoms with Crippen molar-refractivity contribution in [3.05, 3.63) is 29.8 Å². The molecule has 2 aliphatic rings. The number of carbonyl (C=O) groups is 1. The lowest BCUT2D eigenvalue weighted by atomic mass is 9.82. The number of ether oxygens (including phenoxy) is 1. The van der Waals surface area contributed by atoms with Crippen molar-refractivity contribution in [2.75, 3.05) is 25.0 Å². The smallest absolute Gasteiger partial charge is 0.412 e. The third-order valence-corrected chi connectivity index (χ3v) is 4.05. The van der Waals surface area contributed by atoms with Crippen LogP contribution in [0.3, 0.4) is 0 Å². The van der Waals surface area contributed by atoms with Gasteiger partial charge in [-0.3, -0.25) is 5.32 Å². The summed E-state index contributed by atoms with van der Waals surface area (Å²) >= 11 is 0. The standard InChI is InChI=1S/C14H18N2O2/c1-2-16-9-7-14(8-10-16)11-5-3-4-6-12(11)15-13(17)18-14/h3-6H,2,7-10H2,1H3,(H,15,17). The van der Waals surface area contributed by atoms with Crippen LogP contribution in [0.1, 0.15) is 25.3 Å². The molecule has 4 heteroatoms. The third-order valence-electron chi connectivity index (χ3n) is 4.05. The van der Waals surface area contributed by atoms with Gasteiger partial charge in [0, 0.05) is 31.5 Å². The highest BCUT2D eigenvalue weighted by molar-refractivity contribution is 5.88. The zero-order valence-electron chi connectivity index (χ0n) is 10.6. The highest BCUT2D eigenvalue weighted by atomic mass is 16.6. The van der Waals surface area contributed by atoms with E-state index < -0.39 is 5.60 Å². The third kappa shape index (κ3) is 1.77. The fraction of sp³-hybridized carbons (Fsp3) is 0.500. The Hall–Kier alpha value is -1.55. The molecule has 1 aromatic rings. The number of para-hydroxylation sites is 1. The quantitative estimate of drug-likeness (QED) is 0.828. The number of piperidine rings is 1. The molecule has 0 bridgehead atoms. The molecule has 18 heavy (non-hydrogen) atoms. The zero-order valence-corrected chi connectivity index (χ0v) is 10.6. The van der Waals surface area contributed by atoms with Gasteiger partial charge in [0.2, 0.25) is 0 Å². The van der Waals surface area contributed by atoms with Gasteiger partial charge in [-0.2, -0.15) is 0 Å². The Kier molecular flexibility index (Phi) is 2.74. The maximum atomic E-state index is 11.7. The minimum Gasteiger partial charge on any atom is -0.438 e. The summed E-state index contributed by atoms with van der Waals surface area (Å²) in [5.74, 6) is 0. The summed E-state index contributed by atoms with van der Waals surface area (Å²) in [5, 5.41) is 2.78. The van der Waals surface area contributed by atoms with Crippen LogP contribution in [0.5, 0.6) is 0 Å². The second-order valence-corrected chi connectivity index (χ2v) is 4.99. The average molecular weight is 246 g/mol. The average Bonchev–Trinajstić information content (AvgIpc) is 2.39. The van der Waals surface area contributed by atoms with Crippen LogP contribution in [0.2, 0.25) is 0 Å². The number of nitrogens with one attached hydrogen (secondary N) is 1. The molecule has 4 nitrogen and oxygen atoms in total. The monoisotopic (exact) mass is 246 g/mol. The zero-order chi connectivity index (χ0) is 12.6. The lowest BCUT2D eigenvalue weighted by Crippen LogP contribution is -2.48. The topological polar surface area (TPSA) is 41.6 Å². The molecule has 0 radical (unpaired) electrons. The molecular weight excluding hydrogens is 228 g/mol. The van der Waals surface area contributed by atoms with E-state index in [2.05, 4.69) is 23.2 Å². The van der Waals surface area contributed by atoms with E-state index in [0.717, 1.165) is 43.7 Å². The number of nitrogens with zero attached hydrogens (tertiary/aromatic N) is 1. The van der Waals surface area contributed by atoms with Crippen molar-refractivity contribution < 1.29 is 9.53 Å². The van der Waals surface area contributed by atoms with Gasteiger partial charge < -0.3 is 9.64 Å². The molecule has 1 spiro atoms. The van der Waals surface area contributed by atoms with E-state index in [-0.39, 0.29) is 6.09 Å². The lowest BCUT2D eigenvalue weighted by Gasteiger charge is -2.44. The molecular formula is C14H18N2O2. The molecule has 0 atom stereocenters. The summed E-state index contributed by atoms with van der Waals surface area (Å²) in [7, 11) is 0. The number of hydrogen-bond acceptors (Lipinski definition) is 3. The Bertz CT molecular complexity index is 465. The number of hydrogen-bond donors (Lipinski definition) is 1. The predicted molar refractivity (Wildman–Crippen MR) is 69.6 cm³/mol. The van der Waals surface area contributed by atoms with E-state index in [0.29, 0.717) is 0 Å². The number of anilines is 1. The van der Waals surface area contributed by atoms with Gasteiger partial charge in [0.05, 0.1) is 5.69 Å². The molecule has 1 fully saturated rings. The molecule has 3 rings (SSSR count). The molecule has 2 heterocycles. The minimum absolute atomic E-state index is 0.321. The van der Waals surface area contributed by atoms with Gasteiger partial charge >= 0.3 is 6.09 Å². The number of carbonyl (C=O) groups excluding carboxylic acids is 1. The van der Waals surface area contributed by atoms with Crippen molar-refractivity contribution in [2.24, 2.45) is 0 Å². The number of likely N-dealkylation sites (tertiary alicyclic amines) is 1. The first kappa shape index (κ1) is 11.5. The minimum atomic E-state index is -0.412. The molecule has 0 aromatic heterocycles. The Labute approximate surface area is 107 Å². The van der Waals surface area contributed by atoms with E-state index in [1.54, 1.807) is 0 Å². The summed E-state index contributed by atoms with van der Waals surface area (Å²) in [6, 6.07) is 7.97. The van der Waals surface area contributed by atoms with Crippen LogP contribution in [0.4, 0.5) is 10.5 Å². The first-order valence-corrected chi connectivity index (χ1v) is 6.55. The van der Waals surface area contributed by atoms with Gasteiger partial charge in [0.15, 0.2) is 0 Å². The Morgan fingerprint density at radius 2 is 2.06 bits per heavy atom. The van der Waals surface area contributed by atoms with Gasteiger partial charge in [-0.15, -0.1) is 0 Å². The molecule has 0 saturated carbocycles. The predicted octanol–water partition coefficient (Wildman–Crippen LogP) is 2.56. The first-order valence-electron chi connectivity index (χ1n) is 6.55. The van der Waals surface area contributed by atoms with Gasteiger partial charge in [0.1, 0.15) is 5.60 Å². The molecule has 96 valence electrons. The van der Waals surface area contributed by atoms with Crippen LogP contribution in [0.15, 0.2) is 24.3 Å². The van der Waals surface area contributed by atoms with Crippen LogP contribution in [0, 0.1) is 0 Å². The first-order chi connectivity index (χ1) is 8.73. The Balaban J connectivity index is 1.95. The van der Waals surface area contributed by atoms with Gasteiger partial charge in [-0.1, -0.05) is 25.1 Å². The van der Waals surface area contributed by atoms with Crippen molar-refractivity contribution in [1.29, 1.82) is 0 Å². The fourth-order valence-corrected chi connectivity index (χ4v) is 2.96. The van der Waals surface area contributed by atoms with Crippen molar-refractivity contribution in [2.45, 2.75) is 25.4 Å². The highest BCUT2D eigenvalue weighted by Gasteiger charge is 2.43. The summed E-state index contributed by atoms with van der Waals surface area (Å²) in [6.07, 6.45) is 1.44. The largest absolute Gasteiger partial charge is 0.438 e. The van der Waals surface area contributed by atoms with Crippen LogP contribution in [-0.4, -0.2) is 30.6 Å². The molecule has 1 saturated heterocycles. The Morgan fingerprint density at radius 3 is 2.78 bits per heavy atom. The van der Waals surface area contributed by atoms with Crippen LogP contribution >= 0.6 is 0 Å². The van der Waals surface area contributed by atoms with Crippen LogP contribution in [0.25, 0.3) is 0 Å². The maximum Gasteiger partial charge on any atom is 0.412 e. The molecule has 2 aliphatic heterocycles. The van der Waals surface area contributed by atoms with Crippen LogP contribution < -0.4 is 5.32 Å². The molecule has 1 aromatic carbocycles. The number of fused-ring (bicyclic) bond motifs is 2. The summed E-state index contributed by atoms with van der Waals surface area (Å²) < 4.78 is 5.66. The summed E-state index contributed by atoms with van der Waals surface area (Å²) in [4.78, 5) is 14.1. The summed E-state index contributed by atoms with van der Waals surface area (Å²) in [6.45, 7) is 5.19. The van der Waals surface area contributed by atoms with E-state index in [4.69, 9.17) is 4.74 Å². The van der Waals surface area contributed by atoms with E-state index >= 15 is 0 Å². The van der Waals surface area contributed by atoms with E-state index in [1.807, 2.05) is 18.2 Å². The number of amides is 1. The van der Waals surface area contributed by atoms with E-state index in [9.17, 15) is 4.79 Å². The molecule has 0 unspecified atom stereocenters. The lowest BCUT2D eigenvalue weighted by molar-refractivity contribution is -0.0368. The van der Waals surface area contributed by atoms with Crippen molar-refractivity contribution in [1.82, 2.24) is 4.90 Å². The number of rotatable bonds is 1. The van der Waals surface area contributed by atoms with Crippen molar-refractivity contribution >= 4 is 11.8 Å². The fourth-order valence-electron chi connectivity index (χ4n) is 2.96. The summed E-state index contributed by atoms with van der Waals surface area (Å²) in [5.41, 5.74) is 1.61. The van der Waals surface area contributed by atoms with Gasteiger partial charge in [-0.25, -0.2) is 4.79 Å². The second-order valence-electron chi connectivity index (χ2n) is 4.99. The van der Waals surface area contributed by atoms with Crippen molar-refractivity contribution in [3.8, 4) is 0 Å². The Morgan fingerprint density at radius 1 is 1.33 bits per heavy atom. The highest BCUT2D eigenvalue weighted by Crippen LogP contribution is 2.43. The van der Waals surface area contributed by atoms with E-state index in [1.165, 1.54) is 0 Å². The molecule has 1 amide bonds.